The number of rotatable bonds is 2. The fourth-order valence-electron chi connectivity index (χ4n) is 1.24. The SMILES string of the molecule is Nc1c(Cl)cc(NC(=S)NC2CC2)cc1Cl. The van der Waals surface area contributed by atoms with Crippen LogP contribution in [0.3, 0.4) is 0 Å². The maximum Gasteiger partial charge on any atom is 0.170 e. The van der Waals surface area contributed by atoms with Crippen LogP contribution in [0.25, 0.3) is 0 Å². The summed E-state index contributed by atoms with van der Waals surface area (Å²) in [5.74, 6) is 0. The van der Waals surface area contributed by atoms with Gasteiger partial charge < -0.3 is 16.4 Å². The third-order valence-corrected chi connectivity index (χ3v) is 3.09. The van der Waals surface area contributed by atoms with E-state index < -0.39 is 0 Å². The highest BCUT2D eigenvalue weighted by Gasteiger charge is 2.21. The summed E-state index contributed by atoms with van der Waals surface area (Å²) in [5.41, 5.74) is 6.75. The molecule has 0 spiro atoms. The lowest BCUT2D eigenvalue weighted by atomic mass is 10.3. The lowest BCUT2D eigenvalue weighted by Crippen LogP contribution is -2.30. The van der Waals surface area contributed by atoms with Gasteiger partial charge in [-0.25, -0.2) is 0 Å². The van der Waals surface area contributed by atoms with Crippen molar-refractivity contribution in [1.82, 2.24) is 5.32 Å². The van der Waals surface area contributed by atoms with Gasteiger partial charge in [0.25, 0.3) is 0 Å². The van der Waals surface area contributed by atoms with Crippen molar-refractivity contribution in [2.24, 2.45) is 0 Å². The Morgan fingerprint density at radius 1 is 1.31 bits per heavy atom. The van der Waals surface area contributed by atoms with Gasteiger partial charge in [0.2, 0.25) is 0 Å². The summed E-state index contributed by atoms with van der Waals surface area (Å²) in [6.07, 6.45) is 2.34. The number of nitrogen functional groups attached to an aromatic ring is 1. The molecular formula is C10H11Cl2N3S. The predicted molar refractivity (Wildman–Crippen MR) is 73.3 cm³/mol. The normalized spacial score (nSPS) is 14.6. The zero-order valence-electron chi connectivity index (χ0n) is 8.39. The minimum Gasteiger partial charge on any atom is -0.396 e. The van der Waals surface area contributed by atoms with Gasteiger partial charge in [0.1, 0.15) is 0 Å². The molecule has 2 rings (SSSR count). The van der Waals surface area contributed by atoms with Crippen LogP contribution in [-0.2, 0) is 0 Å². The quantitative estimate of drug-likeness (QED) is 0.574. The first-order valence-corrected chi connectivity index (χ1v) is 6.04. The molecule has 0 amide bonds. The number of nitrogens with two attached hydrogens (primary N) is 1. The first-order chi connectivity index (χ1) is 7.56. The van der Waals surface area contributed by atoms with Gasteiger partial charge in [-0.2, -0.15) is 0 Å². The molecule has 0 atom stereocenters. The molecule has 0 saturated heterocycles. The minimum atomic E-state index is 0.384. The summed E-state index contributed by atoms with van der Waals surface area (Å²) in [7, 11) is 0. The van der Waals surface area contributed by atoms with Crippen LogP contribution in [0, 0.1) is 0 Å². The van der Waals surface area contributed by atoms with Crippen molar-refractivity contribution >= 4 is 51.9 Å². The largest absolute Gasteiger partial charge is 0.396 e. The first kappa shape index (κ1) is 11.8. The smallest absolute Gasteiger partial charge is 0.170 e. The van der Waals surface area contributed by atoms with E-state index >= 15 is 0 Å². The molecule has 0 heterocycles. The molecule has 0 unspecified atom stereocenters. The third-order valence-electron chi connectivity index (χ3n) is 2.25. The minimum absolute atomic E-state index is 0.384. The summed E-state index contributed by atoms with van der Waals surface area (Å²) < 4.78 is 0. The zero-order chi connectivity index (χ0) is 11.7. The maximum atomic E-state index is 5.91. The molecule has 1 aliphatic carbocycles. The maximum absolute atomic E-state index is 5.91. The van der Waals surface area contributed by atoms with Gasteiger partial charge in [0, 0.05) is 11.7 Å². The van der Waals surface area contributed by atoms with E-state index in [4.69, 9.17) is 41.2 Å². The molecule has 16 heavy (non-hydrogen) atoms. The fraction of sp³-hybridized carbons (Fsp3) is 0.300. The Morgan fingerprint density at radius 3 is 2.38 bits per heavy atom. The van der Waals surface area contributed by atoms with E-state index in [1.807, 2.05) is 0 Å². The summed E-state index contributed by atoms with van der Waals surface area (Å²) in [6.45, 7) is 0. The van der Waals surface area contributed by atoms with Crippen LogP contribution in [0.5, 0.6) is 0 Å². The van der Waals surface area contributed by atoms with Crippen LogP contribution in [0.15, 0.2) is 12.1 Å². The standard InChI is InChI=1S/C10H11Cl2N3S/c11-7-3-6(4-8(12)9(7)13)15-10(16)14-5-1-2-5/h3-5H,1-2,13H2,(H2,14,15,16). The van der Waals surface area contributed by atoms with Crippen molar-refractivity contribution in [1.29, 1.82) is 0 Å². The average Bonchev–Trinajstić information content (AvgIpc) is 2.97. The second-order valence-corrected chi connectivity index (χ2v) is 4.95. The van der Waals surface area contributed by atoms with E-state index in [0.717, 1.165) is 5.69 Å². The van der Waals surface area contributed by atoms with Crippen molar-refractivity contribution in [3.8, 4) is 0 Å². The number of thiocarbonyl (C=S) groups is 1. The Balaban J connectivity index is 2.05. The lowest BCUT2D eigenvalue weighted by Gasteiger charge is -2.11. The van der Waals surface area contributed by atoms with Crippen molar-refractivity contribution in [3.05, 3.63) is 22.2 Å². The van der Waals surface area contributed by atoms with Gasteiger partial charge in [-0.3, -0.25) is 0 Å². The third kappa shape index (κ3) is 2.90. The molecule has 0 bridgehead atoms. The molecule has 1 aromatic carbocycles. The van der Waals surface area contributed by atoms with Crippen LogP contribution in [0.2, 0.25) is 10.0 Å². The predicted octanol–water partition coefficient (Wildman–Crippen LogP) is 3.02. The molecule has 0 radical (unpaired) electrons. The fourth-order valence-corrected chi connectivity index (χ4v) is 2.01. The number of hydrogen-bond donors (Lipinski definition) is 3. The summed E-state index contributed by atoms with van der Waals surface area (Å²) in [6, 6.07) is 3.91. The zero-order valence-corrected chi connectivity index (χ0v) is 10.7. The molecule has 0 aromatic heterocycles. The first-order valence-electron chi connectivity index (χ1n) is 4.88. The van der Waals surface area contributed by atoms with E-state index in [2.05, 4.69) is 10.6 Å². The molecule has 1 fully saturated rings. The highest BCUT2D eigenvalue weighted by atomic mass is 35.5. The van der Waals surface area contributed by atoms with E-state index in [9.17, 15) is 0 Å². The van der Waals surface area contributed by atoms with Crippen LogP contribution in [0.4, 0.5) is 11.4 Å². The van der Waals surface area contributed by atoms with Crippen LogP contribution < -0.4 is 16.4 Å². The Bertz CT molecular complexity index is 409. The number of benzene rings is 1. The van der Waals surface area contributed by atoms with Gasteiger partial charge >= 0.3 is 0 Å². The number of nitrogens with one attached hydrogen (secondary N) is 2. The summed E-state index contributed by atoms with van der Waals surface area (Å²) >= 11 is 16.9. The number of halogens is 2. The second kappa shape index (κ2) is 4.65. The molecule has 4 N–H and O–H groups in total. The van der Waals surface area contributed by atoms with E-state index in [1.54, 1.807) is 12.1 Å². The molecular weight excluding hydrogens is 265 g/mol. The van der Waals surface area contributed by atoms with Crippen LogP contribution >= 0.6 is 35.4 Å². The molecule has 1 aromatic rings. The summed E-state index contributed by atoms with van der Waals surface area (Å²) in [4.78, 5) is 0. The van der Waals surface area contributed by atoms with Gasteiger partial charge in [0.05, 0.1) is 15.7 Å². The Hall–Kier alpha value is -0.710. The topological polar surface area (TPSA) is 50.1 Å². The average molecular weight is 276 g/mol. The molecule has 0 aliphatic heterocycles. The van der Waals surface area contributed by atoms with Gasteiger partial charge in [-0.1, -0.05) is 23.2 Å². The Morgan fingerprint density at radius 2 is 1.88 bits per heavy atom. The molecule has 1 aliphatic rings. The van der Waals surface area contributed by atoms with Gasteiger partial charge in [0.15, 0.2) is 5.11 Å². The Kier molecular flexibility index (Phi) is 3.42. The molecule has 6 heteroatoms. The monoisotopic (exact) mass is 275 g/mol. The van der Waals surface area contributed by atoms with Crippen LogP contribution in [0.1, 0.15) is 12.8 Å². The highest BCUT2D eigenvalue weighted by molar-refractivity contribution is 7.80. The van der Waals surface area contributed by atoms with E-state index in [0.29, 0.717) is 26.9 Å². The molecule has 1 saturated carbocycles. The van der Waals surface area contributed by atoms with Crippen molar-refractivity contribution in [3.63, 3.8) is 0 Å². The van der Waals surface area contributed by atoms with Crippen molar-refractivity contribution in [2.45, 2.75) is 18.9 Å². The van der Waals surface area contributed by atoms with Crippen molar-refractivity contribution in [2.75, 3.05) is 11.1 Å². The van der Waals surface area contributed by atoms with E-state index in [-0.39, 0.29) is 0 Å². The number of hydrogen-bond acceptors (Lipinski definition) is 2. The lowest BCUT2D eigenvalue weighted by molar-refractivity contribution is 0.919. The second-order valence-electron chi connectivity index (χ2n) is 3.73. The molecule has 86 valence electrons. The van der Waals surface area contributed by atoms with Gasteiger partial charge in [-0.05, 0) is 37.2 Å². The van der Waals surface area contributed by atoms with Crippen molar-refractivity contribution < 1.29 is 0 Å². The number of anilines is 2. The van der Waals surface area contributed by atoms with Gasteiger partial charge in [-0.15, -0.1) is 0 Å². The van der Waals surface area contributed by atoms with Crippen LogP contribution in [-0.4, -0.2) is 11.2 Å². The van der Waals surface area contributed by atoms with E-state index in [1.165, 1.54) is 12.8 Å². The highest BCUT2D eigenvalue weighted by Crippen LogP contribution is 2.31. The Labute approximate surface area is 109 Å². The summed E-state index contributed by atoms with van der Waals surface area (Å²) in [5, 5.41) is 7.60. The molecule has 3 nitrogen and oxygen atoms in total.